The van der Waals surface area contributed by atoms with Gasteiger partial charge in [0.05, 0.1) is 14.2 Å². The highest BCUT2D eigenvalue weighted by atomic mass is 127. The van der Waals surface area contributed by atoms with Crippen LogP contribution in [0.4, 0.5) is 0 Å². The Morgan fingerprint density at radius 1 is 1.13 bits per heavy atom. The summed E-state index contributed by atoms with van der Waals surface area (Å²) >= 11 is 0. The van der Waals surface area contributed by atoms with Crippen LogP contribution in [-0.2, 0) is 29.5 Å². The molecule has 3 rings (SSSR count). The second-order valence-corrected chi connectivity index (χ2v) is 8.47. The third-order valence-corrected chi connectivity index (χ3v) is 6.33. The number of aliphatic imine (C=N–C) groups is 1. The van der Waals surface area contributed by atoms with Gasteiger partial charge in [-0.15, -0.1) is 24.0 Å². The fraction of sp³-hybridized carbons (Fsp3) is 0.409. The van der Waals surface area contributed by atoms with E-state index in [1.54, 1.807) is 21.3 Å². The van der Waals surface area contributed by atoms with E-state index in [1.165, 1.54) is 11.1 Å². The van der Waals surface area contributed by atoms with Crippen molar-refractivity contribution in [3.63, 3.8) is 0 Å². The molecule has 1 aliphatic rings. The van der Waals surface area contributed by atoms with Crippen LogP contribution in [0.5, 0.6) is 11.5 Å². The fourth-order valence-electron chi connectivity index (χ4n) is 3.51. The Hall–Kier alpha value is -1.81. The van der Waals surface area contributed by atoms with Gasteiger partial charge in [0.2, 0.25) is 0 Å². The summed E-state index contributed by atoms with van der Waals surface area (Å²) in [4.78, 5) is 6.63. The van der Waals surface area contributed by atoms with Crippen LogP contribution in [-0.4, -0.2) is 55.2 Å². The Balaban J connectivity index is 0.00000320. The van der Waals surface area contributed by atoms with E-state index >= 15 is 0 Å². The molecule has 8 heteroatoms. The van der Waals surface area contributed by atoms with Crippen molar-refractivity contribution in [3.05, 3.63) is 59.2 Å². The Kier molecular flexibility index (Phi) is 9.90. The lowest BCUT2D eigenvalue weighted by Crippen LogP contribution is -2.45. The van der Waals surface area contributed by atoms with Crippen LogP contribution in [0, 0.1) is 0 Å². The summed E-state index contributed by atoms with van der Waals surface area (Å²) in [5, 5.41) is 3.36. The van der Waals surface area contributed by atoms with E-state index in [0.717, 1.165) is 42.5 Å². The number of rotatable bonds is 7. The molecule has 6 nitrogen and oxygen atoms in total. The standard InChI is InChI=1S/C22H29N3O3S.HI/c1-23-22(24-10-12-29(26)16-17-7-5-4-6-8-17)25-11-9-18-13-20(27-2)21(28-3)14-19(18)15-25;/h4-8,13-14H,9-12,15-16H2,1-3H3,(H,23,24);1H. The van der Waals surface area contributed by atoms with Crippen LogP contribution in [0.25, 0.3) is 0 Å². The van der Waals surface area contributed by atoms with Crippen LogP contribution in [0.1, 0.15) is 16.7 Å². The average molecular weight is 543 g/mol. The maximum Gasteiger partial charge on any atom is 0.193 e. The van der Waals surface area contributed by atoms with Gasteiger partial charge in [0, 0.05) is 49.0 Å². The summed E-state index contributed by atoms with van der Waals surface area (Å²) in [6.45, 7) is 2.25. The van der Waals surface area contributed by atoms with Crippen LogP contribution in [0.15, 0.2) is 47.5 Å². The van der Waals surface area contributed by atoms with E-state index in [2.05, 4.69) is 21.3 Å². The first-order chi connectivity index (χ1) is 14.1. The monoisotopic (exact) mass is 543 g/mol. The van der Waals surface area contributed by atoms with E-state index < -0.39 is 10.8 Å². The second-order valence-electron chi connectivity index (χ2n) is 6.90. The minimum atomic E-state index is -0.905. The Bertz CT molecular complexity index is 877. The number of methoxy groups -OCH3 is 2. The van der Waals surface area contributed by atoms with Crippen LogP contribution in [0.3, 0.4) is 0 Å². The molecule has 2 aromatic carbocycles. The number of hydrogen-bond acceptors (Lipinski definition) is 4. The third-order valence-electron chi connectivity index (χ3n) is 5.01. The van der Waals surface area contributed by atoms with E-state index in [9.17, 15) is 4.21 Å². The molecule has 1 atom stereocenters. The number of nitrogens with zero attached hydrogens (tertiary/aromatic N) is 2. The SMILES string of the molecule is CN=C(NCCS(=O)Cc1ccccc1)N1CCc2cc(OC)c(OC)cc2C1.I. The molecule has 164 valence electrons. The van der Waals surface area contributed by atoms with Gasteiger partial charge < -0.3 is 19.7 Å². The summed E-state index contributed by atoms with van der Waals surface area (Å²) in [6, 6.07) is 14.1. The second kappa shape index (κ2) is 12.1. The zero-order chi connectivity index (χ0) is 20.6. The average Bonchev–Trinajstić information content (AvgIpc) is 2.76. The van der Waals surface area contributed by atoms with Gasteiger partial charge in [0.15, 0.2) is 17.5 Å². The lowest BCUT2D eigenvalue weighted by molar-refractivity contribution is 0.346. The van der Waals surface area contributed by atoms with Gasteiger partial charge in [-0.2, -0.15) is 0 Å². The number of hydrogen-bond donors (Lipinski definition) is 1. The molecule has 1 heterocycles. The van der Waals surface area contributed by atoms with Gasteiger partial charge in [-0.25, -0.2) is 0 Å². The van der Waals surface area contributed by atoms with Crippen molar-refractivity contribution in [2.45, 2.75) is 18.7 Å². The van der Waals surface area contributed by atoms with Gasteiger partial charge >= 0.3 is 0 Å². The first-order valence-electron chi connectivity index (χ1n) is 9.73. The predicted molar refractivity (Wildman–Crippen MR) is 134 cm³/mol. The Labute approximate surface area is 198 Å². The molecular weight excluding hydrogens is 513 g/mol. The molecule has 1 N–H and O–H groups in total. The van der Waals surface area contributed by atoms with Crippen molar-refractivity contribution in [1.82, 2.24) is 10.2 Å². The van der Waals surface area contributed by atoms with Crippen molar-refractivity contribution < 1.29 is 13.7 Å². The molecule has 1 unspecified atom stereocenters. The minimum absolute atomic E-state index is 0. The molecule has 2 aromatic rings. The lowest BCUT2D eigenvalue weighted by atomic mass is 9.99. The molecular formula is C22H30IN3O3S. The van der Waals surface area contributed by atoms with Gasteiger partial charge in [-0.05, 0) is 35.2 Å². The molecule has 0 radical (unpaired) electrons. The van der Waals surface area contributed by atoms with Crippen molar-refractivity contribution in [1.29, 1.82) is 0 Å². The Morgan fingerprint density at radius 3 is 2.43 bits per heavy atom. The first kappa shape index (κ1) is 24.5. The molecule has 0 fully saturated rings. The van der Waals surface area contributed by atoms with Crippen LogP contribution < -0.4 is 14.8 Å². The lowest BCUT2D eigenvalue weighted by Gasteiger charge is -2.32. The summed E-state index contributed by atoms with van der Waals surface area (Å²) in [5.74, 6) is 3.51. The zero-order valence-corrected chi connectivity index (χ0v) is 20.9. The Morgan fingerprint density at radius 2 is 1.80 bits per heavy atom. The normalized spacial score (nSPS) is 14.4. The summed E-state index contributed by atoms with van der Waals surface area (Å²) < 4.78 is 23.2. The van der Waals surface area contributed by atoms with Crippen molar-refractivity contribution >= 4 is 40.7 Å². The van der Waals surface area contributed by atoms with Crippen molar-refractivity contribution in [2.75, 3.05) is 40.1 Å². The van der Waals surface area contributed by atoms with Gasteiger partial charge in [0.1, 0.15) is 0 Å². The molecule has 0 saturated carbocycles. The highest BCUT2D eigenvalue weighted by Crippen LogP contribution is 2.33. The predicted octanol–water partition coefficient (Wildman–Crippen LogP) is 3.20. The third kappa shape index (κ3) is 6.34. The number of nitrogens with one attached hydrogen (secondary N) is 1. The molecule has 0 bridgehead atoms. The van der Waals surface area contributed by atoms with Gasteiger partial charge in [0.25, 0.3) is 0 Å². The topological polar surface area (TPSA) is 63.2 Å². The maximum absolute atomic E-state index is 12.3. The summed E-state index contributed by atoms with van der Waals surface area (Å²) in [7, 11) is 4.19. The largest absolute Gasteiger partial charge is 0.493 e. The molecule has 1 aliphatic heterocycles. The fourth-order valence-corrected chi connectivity index (χ4v) is 4.54. The smallest absolute Gasteiger partial charge is 0.193 e. The van der Waals surface area contributed by atoms with E-state index in [4.69, 9.17) is 9.47 Å². The maximum atomic E-state index is 12.3. The molecule has 0 aliphatic carbocycles. The molecule has 0 spiro atoms. The first-order valence-corrected chi connectivity index (χ1v) is 11.2. The van der Waals surface area contributed by atoms with Gasteiger partial charge in [-0.3, -0.25) is 9.20 Å². The van der Waals surface area contributed by atoms with Crippen LogP contribution >= 0.6 is 24.0 Å². The summed E-state index contributed by atoms with van der Waals surface area (Å²) in [5.41, 5.74) is 3.59. The number of benzene rings is 2. The molecule has 0 saturated heterocycles. The quantitative estimate of drug-likeness (QED) is 0.330. The molecule has 0 amide bonds. The van der Waals surface area contributed by atoms with Gasteiger partial charge in [-0.1, -0.05) is 30.3 Å². The van der Waals surface area contributed by atoms with Crippen LogP contribution in [0.2, 0.25) is 0 Å². The summed E-state index contributed by atoms with van der Waals surface area (Å²) in [6.07, 6.45) is 0.913. The zero-order valence-electron chi connectivity index (χ0n) is 17.7. The molecule has 30 heavy (non-hydrogen) atoms. The minimum Gasteiger partial charge on any atom is -0.493 e. The van der Waals surface area contributed by atoms with Crippen molar-refractivity contribution in [3.8, 4) is 11.5 Å². The van der Waals surface area contributed by atoms with E-state index in [1.807, 2.05) is 36.4 Å². The number of halogens is 1. The van der Waals surface area contributed by atoms with E-state index in [0.29, 0.717) is 18.1 Å². The number of guanidine groups is 1. The molecule has 0 aromatic heterocycles. The van der Waals surface area contributed by atoms with E-state index in [-0.39, 0.29) is 24.0 Å². The highest BCUT2D eigenvalue weighted by molar-refractivity contribution is 14.0. The highest BCUT2D eigenvalue weighted by Gasteiger charge is 2.21. The number of ether oxygens (including phenoxy) is 2. The number of fused-ring (bicyclic) bond motifs is 1. The van der Waals surface area contributed by atoms with Crippen molar-refractivity contribution in [2.24, 2.45) is 4.99 Å².